The third kappa shape index (κ3) is 2.82. The Balaban J connectivity index is 1.67. The van der Waals surface area contributed by atoms with E-state index in [1.165, 1.54) is 11.1 Å². The Bertz CT molecular complexity index is 841. The molecule has 1 atom stereocenters. The van der Waals surface area contributed by atoms with Crippen molar-refractivity contribution in [2.75, 3.05) is 0 Å². The molecule has 3 heterocycles. The Labute approximate surface area is 139 Å². The Morgan fingerprint density at radius 1 is 1.17 bits per heavy atom. The summed E-state index contributed by atoms with van der Waals surface area (Å²) in [7, 11) is 0. The molecule has 0 saturated carbocycles. The molecular formula is C17H19N5O2. The number of rotatable bonds is 4. The van der Waals surface area contributed by atoms with Crippen LogP contribution in [0, 0.1) is 6.92 Å². The van der Waals surface area contributed by atoms with Gasteiger partial charge in [0.1, 0.15) is 0 Å². The molecule has 0 spiro atoms. The lowest BCUT2D eigenvalue weighted by Gasteiger charge is -2.33. The molecule has 2 aromatic heterocycles. The zero-order valence-corrected chi connectivity index (χ0v) is 13.8. The molecule has 0 N–H and O–H groups in total. The maximum atomic E-state index is 5.83. The highest BCUT2D eigenvalue weighted by molar-refractivity contribution is 5.30. The molecule has 0 aliphatic carbocycles. The van der Waals surface area contributed by atoms with Gasteiger partial charge in [0.2, 0.25) is 17.7 Å². The monoisotopic (exact) mass is 325 g/mol. The molecule has 0 saturated heterocycles. The lowest BCUT2D eigenvalue weighted by molar-refractivity contribution is 0.120. The zero-order chi connectivity index (χ0) is 16.5. The Hall–Kier alpha value is -2.54. The van der Waals surface area contributed by atoms with Crippen molar-refractivity contribution in [1.82, 2.24) is 25.2 Å². The standard InChI is InChI=1S/C17H19N5O2/c1-3-15-19-20-17(23-15)14-8-12-6-4-5-7-13(12)9-22(14)10-16-18-11(2)21-24-16/h4-7,14H,3,8-10H2,1-2H3/t14-/m0/s1. The van der Waals surface area contributed by atoms with Gasteiger partial charge in [0.25, 0.3) is 0 Å². The topological polar surface area (TPSA) is 81.1 Å². The van der Waals surface area contributed by atoms with E-state index in [9.17, 15) is 0 Å². The maximum Gasteiger partial charge on any atom is 0.240 e. The number of nitrogens with zero attached hydrogens (tertiary/aromatic N) is 5. The van der Waals surface area contributed by atoms with Crippen LogP contribution in [0.1, 0.15) is 47.6 Å². The summed E-state index contributed by atoms with van der Waals surface area (Å²) in [5.41, 5.74) is 2.62. The van der Waals surface area contributed by atoms with Gasteiger partial charge in [0.05, 0.1) is 12.6 Å². The van der Waals surface area contributed by atoms with Crippen LogP contribution in [0.15, 0.2) is 33.2 Å². The summed E-state index contributed by atoms with van der Waals surface area (Å²) in [6, 6.07) is 8.46. The highest BCUT2D eigenvalue weighted by Gasteiger charge is 2.32. The summed E-state index contributed by atoms with van der Waals surface area (Å²) >= 11 is 0. The molecule has 7 heteroatoms. The molecule has 3 aromatic rings. The van der Waals surface area contributed by atoms with E-state index in [4.69, 9.17) is 8.94 Å². The van der Waals surface area contributed by atoms with Crippen LogP contribution < -0.4 is 0 Å². The van der Waals surface area contributed by atoms with E-state index in [0.717, 1.165) is 19.4 Å². The second kappa shape index (κ2) is 6.16. The third-order valence-electron chi connectivity index (χ3n) is 4.32. The first-order valence-corrected chi connectivity index (χ1v) is 8.15. The van der Waals surface area contributed by atoms with Gasteiger partial charge in [-0.2, -0.15) is 4.98 Å². The predicted octanol–water partition coefficient (Wildman–Crippen LogP) is 2.62. The van der Waals surface area contributed by atoms with Crippen molar-refractivity contribution in [2.24, 2.45) is 0 Å². The molecule has 0 bridgehead atoms. The van der Waals surface area contributed by atoms with Gasteiger partial charge in [-0.3, -0.25) is 4.90 Å². The van der Waals surface area contributed by atoms with Gasteiger partial charge in [0, 0.05) is 13.0 Å². The Kier molecular flexibility index (Phi) is 3.86. The minimum absolute atomic E-state index is 0.0138. The fourth-order valence-corrected chi connectivity index (χ4v) is 3.11. The molecule has 1 aliphatic heterocycles. The number of aryl methyl sites for hydroxylation is 2. The van der Waals surface area contributed by atoms with E-state index in [-0.39, 0.29) is 6.04 Å². The average Bonchev–Trinajstić information content (AvgIpc) is 3.23. The quantitative estimate of drug-likeness (QED) is 0.729. The molecule has 0 unspecified atom stereocenters. The highest BCUT2D eigenvalue weighted by atomic mass is 16.5. The summed E-state index contributed by atoms with van der Waals surface area (Å²) < 4.78 is 11.1. The number of benzene rings is 1. The molecular weight excluding hydrogens is 306 g/mol. The first kappa shape index (κ1) is 15.0. The van der Waals surface area contributed by atoms with Crippen molar-refractivity contribution >= 4 is 0 Å². The summed E-state index contributed by atoms with van der Waals surface area (Å²) in [5, 5.41) is 12.2. The largest absolute Gasteiger partial charge is 0.424 e. The lowest BCUT2D eigenvalue weighted by atomic mass is 9.94. The maximum absolute atomic E-state index is 5.83. The molecule has 124 valence electrons. The van der Waals surface area contributed by atoms with Crippen LogP contribution in [-0.4, -0.2) is 25.2 Å². The van der Waals surface area contributed by atoms with E-state index >= 15 is 0 Å². The minimum Gasteiger partial charge on any atom is -0.424 e. The molecule has 7 nitrogen and oxygen atoms in total. The minimum atomic E-state index is 0.0138. The van der Waals surface area contributed by atoms with Crippen molar-refractivity contribution < 1.29 is 8.94 Å². The molecule has 0 fully saturated rings. The summed E-state index contributed by atoms with van der Waals surface area (Å²) in [6.07, 6.45) is 1.56. The second-order valence-corrected chi connectivity index (χ2v) is 6.02. The summed E-state index contributed by atoms with van der Waals surface area (Å²) in [6.45, 7) is 5.17. The number of fused-ring (bicyclic) bond motifs is 1. The van der Waals surface area contributed by atoms with Crippen molar-refractivity contribution in [3.63, 3.8) is 0 Å². The summed E-state index contributed by atoms with van der Waals surface area (Å²) in [4.78, 5) is 6.58. The van der Waals surface area contributed by atoms with Crippen molar-refractivity contribution in [1.29, 1.82) is 0 Å². The highest BCUT2D eigenvalue weighted by Crippen LogP contribution is 2.33. The fourth-order valence-electron chi connectivity index (χ4n) is 3.11. The van der Waals surface area contributed by atoms with Gasteiger partial charge < -0.3 is 8.94 Å². The number of aromatic nitrogens is 4. The normalized spacial score (nSPS) is 17.8. The zero-order valence-electron chi connectivity index (χ0n) is 13.8. The van der Waals surface area contributed by atoms with Crippen LogP contribution in [0.25, 0.3) is 0 Å². The van der Waals surface area contributed by atoms with Crippen LogP contribution in [0.2, 0.25) is 0 Å². The molecule has 0 radical (unpaired) electrons. The molecule has 24 heavy (non-hydrogen) atoms. The lowest BCUT2D eigenvalue weighted by Crippen LogP contribution is -2.34. The van der Waals surface area contributed by atoms with Crippen LogP contribution in [0.4, 0.5) is 0 Å². The van der Waals surface area contributed by atoms with Crippen molar-refractivity contribution in [3.05, 3.63) is 58.9 Å². The molecule has 4 rings (SSSR count). The van der Waals surface area contributed by atoms with Gasteiger partial charge in [-0.15, -0.1) is 10.2 Å². The molecule has 1 aliphatic rings. The molecule has 1 aromatic carbocycles. The van der Waals surface area contributed by atoms with Gasteiger partial charge in [-0.1, -0.05) is 36.3 Å². The summed E-state index contributed by atoms with van der Waals surface area (Å²) in [5.74, 6) is 2.56. The fraction of sp³-hybridized carbons (Fsp3) is 0.412. The Morgan fingerprint density at radius 3 is 2.71 bits per heavy atom. The van der Waals surface area contributed by atoms with Crippen LogP contribution >= 0.6 is 0 Å². The Morgan fingerprint density at radius 2 is 2.00 bits per heavy atom. The van der Waals surface area contributed by atoms with E-state index in [2.05, 4.69) is 49.5 Å². The van der Waals surface area contributed by atoms with Crippen LogP contribution in [-0.2, 0) is 25.9 Å². The predicted molar refractivity (Wildman–Crippen MR) is 84.8 cm³/mol. The number of hydrogen-bond acceptors (Lipinski definition) is 7. The third-order valence-corrected chi connectivity index (χ3v) is 4.32. The van der Waals surface area contributed by atoms with E-state index in [1.807, 2.05) is 13.8 Å². The van der Waals surface area contributed by atoms with Gasteiger partial charge in [-0.25, -0.2) is 0 Å². The first-order valence-electron chi connectivity index (χ1n) is 8.15. The van der Waals surface area contributed by atoms with Crippen molar-refractivity contribution in [2.45, 2.75) is 45.8 Å². The second-order valence-electron chi connectivity index (χ2n) is 6.02. The molecule has 0 amide bonds. The van der Waals surface area contributed by atoms with Gasteiger partial charge in [0.15, 0.2) is 5.82 Å². The average molecular weight is 325 g/mol. The first-order chi connectivity index (χ1) is 11.7. The smallest absolute Gasteiger partial charge is 0.240 e. The van der Waals surface area contributed by atoms with E-state index in [1.54, 1.807) is 0 Å². The van der Waals surface area contributed by atoms with Gasteiger partial charge in [-0.05, 0) is 24.5 Å². The van der Waals surface area contributed by atoms with E-state index < -0.39 is 0 Å². The van der Waals surface area contributed by atoms with Gasteiger partial charge >= 0.3 is 0 Å². The number of hydrogen-bond donors (Lipinski definition) is 0. The SMILES string of the molecule is CCc1nnc([C@@H]2Cc3ccccc3CN2Cc2nc(C)no2)o1. The van der Waals surface area contributed by atoms with Crippen molar-refractivity contribution in [3.8, 4) is 0 Å². The van der Waals surface area contributed by atoms with Crippen LogP contribution in [0.5, 0.6) is 0 Å². The van der Waals surface area contributed by atoms with E-state index in [0.29, 0.717) is 30.0 Å². The van der Waals surface area contributed by atoms with Crippen LogP contribution in [0.3, 0.4) is 0 Å².